The molecule has 8 nitrogen and oxygen atoms in total. The first kappa shape index (κ1) is 26.6. The van der Waals surface area contributed by atoms with Gasteiger partial charge in [-0.25, -0.2) is 4.79 Å². The quantitative estimate of drug-likeness (QED) is 0.203. The highest BCUT2D eigenvalue weighted by Gasteiger charge is 2.27. The van der Waals surface area contributed by atoms with Gasteiger partial charge in [-0.2, -0.15) is 0 Å². The van der Waals surface area contributed by atoms with Gasteiger partial charge in [0.2, 0.25) is 11.2 Å². The Balaban J connectivity index is 1.15. The predicted molar refractivity (Wildman–Crippen MR) is 158 cm³/mol. The van der Waals surface area contributed by atoms with Crippen LogP contribution in [0, 0.1) is 0 Å². The van der Waals surface area contributed by atoms with Crippen LogP contribution in [0.4, 0.5) is 5.00 Å². The predicted octanol–water partition coefficient (Wildman–Crippen LogP) is 6.87. The molecule has 3 aromatic carbocycles. The highest BCUT2D eigenvalue weighted by atomic mass is 32.1. The first-order valence-electron chi connectivity index (χ1n) is 13.5. The van der Waals surface area contributed by atoms with Crippen molar-refractivity contribution in [1.82, 2.24) is 0 Å². The molecule has 2 aromatic heterocycles. The molecule has 0 saturated carbocycles. The summed E-state index contributed by atoms with van der Waals surface area (Å²) in [6, 6.07) is 18.2. The lowest BCUT2D eigenvalue weighted by atomic mass is 9.95. The molecular formula is C32H27NO7S. The van der Waals surface area contributed by atoms with Crippen LogP contribution in [0.5, 0.6) is 17.2 Å². The van der Waals surface area contributed by atoms with Gasteiger partial charge in [-0.1, -0.05) is 30.3 Å². The minimum absolute atomic E-state index is 0.0666. The normalized spacial score (nSPS) is 12.6. The van der Waals surface area contributed by atoms with Crippen LogP contribution in [0.15, 0.2) is 76.1 Å². The van der Waals surface area contributed by atoms with Gasteiger partial charge in [0.1, 0.15) is 28.3 Å². The summed E-state index contributed by atoms with van der Waals surface area (Å²) < 4.78 is 22.5. The van der Waals surface area contributed by atoms with Crippen molar-refractivity contribution in [2.45, 2.75) is 32.6 Å². The van der Waals surface area contributed by atoms with Gasteiger partial charge in [0, 0.05) is 10.9 Å². The summed E-state index contributed by atoms with van der Waals surface area (Å²) in [5.74, 6) is 0.123. The van der Waals surface area contributed by atoms with Gasteiger partial charge in [-0.05, 0) is 73.2 Å². The van der Waals surface area contributed by atoms with E-state index in [2.05, 4.69) is 5.32 Å². The standard InChI is InChI=1S/C32H27NO7S/c1-2-37-32(36)29-24-9-5-6-10-27(24)41-31(29)33-28(34)18-38-21-13-14-23-25(16-21)39-17-26(30(23)35)40-22-12-11-19-7-3-4-8-20(19)15-22/h3-4,7-8,11-17H,2,5-6,9-10,18H2,1H3,(H,33,34). The van der Waals surface area contributed by atoms with Gasteiger partial charge in [0.25, 0.3) is 5.91 Å². The van der Waals surface area contributed by atoms with Crippen molar-refractivity contribution in [3.05, 3.63) is 93.2 Å². The molecule has 41 heavy (non-hydrogen) atoms. The summed E-state index contributed by atoms with van der Waals surface area (Å²) in [7, 11) is 0. The van der Waals surface area contributed by atoms with E-state index in [4.69, 9.17) is 18.6 Å². The van der Waals surface area contributed by atoms with Gasteiger partial charge in [-0.15, -0.1) is 11.3 Å². The Labute approximate surface area is 239 Å². The fraction of sp³-hybridized carbons (Fsp3) is 0.219. The van der Waals surface area contributed by atoms with Crippen LogP contribution < -0.4 is 20.2 Å². The average Bonchev–Trinajstić information content (AvgIpc) is 3.35. The number of benzene rings is 3. The molecule has 1 amide bonds. The zero-order chi connectivity index (χ0) is 28.3. The van der Waals surface area contributed by atoms with Crippen molar-refractivity contribution in [2.75, 3.05) is 18.5 Å². The Bertz CT molecular complexity index is 1840. The molecule has 6 rings (SSSR count). The summed E-state index contributed by atoms with van der Waals surface area (Å²) in [5, 5.41) is 5.71. The minimum Gasteiger partial charge on any atom is -0.484 e. The maximum Gasteiger partial charge on any atom is 0.341 e. The Morgan fingerprint density at radius 1 is 0.976 bits per heavy atom. The molecule has 1 aliphatic rings. The van der Waals surface area contributed by atoms with E-state index in [0.717, 1.165) is 46.9 Å². The number of ether oxygens (including phenoxy) is 3. The fourth-order valence-corrected chi connectivity index (χ4v) is 6.29. The fourth-order valence-electron chi connectivity index (χ4n) is 4.99. The van der Waals surface area contributed by atoms with Crippen LogP contribution in [0.1, 0.15) is 40.6 Å². The van der Waals surface area contributed by atoms with Gasteiger partial charge in [-0.3, -0.25) is 9.59 Å². The van der Waals surface area contributed by atoms with E-state index < -0.39 is 11.9 Å². The van der Waals surface area contributed by atoms with E-state index in [9.17, 15) is 14.4 Å². The zero-order valence-corrected chi connectivity index (χ0v) is 23.2. The third-order valence-corrected chi connectivity index (χ3v) is 8.14. The molecule has 0 saturated heterocycles. The number of carbonyl (C=O) groups excluding carboxylic acids is 2. The molecule has 9 heteroatoms. The third-order valence-electron chi connectivity index (χ3n) is 6.94. The Morgan fingerprint density at radius 3 is 2.63 bits per heavy atom. The number of hydrogen-bond donors (Lipinski definition) is 1. The number of hydrogen-bond acceptors (Lipinski definition) is 8. The number of rotatable bonds is 8. The molecule has 1 aliphatic carbocycles. The van der Waals surface area contributed by atoms with Crippen molar-refractivity contribution >= 4 is 50.0 Å². The topological polar surface area (TPSA) is 104 Å². The summed E-state index contributed by atoms with van der Waals surface area (Å²) >= 11 is 1.42. The molecule has 0 atom stereocenters. The molecule has 208 valence electrons. The maximum absolute atomic E-state index is 13.1. The molecule has 0 bridgehead atoms. The van der Waals surface area contributed by atoms with Crippen molar-refractivity contribution in [3.8, 4) is 17.2 Å². The van der Waals surface area contributed by atoms with Crippen molar-refractivity contribution in [1.29, 1.82) is 0 Å². The SMILES string of the molecule is CCOC(=O)c1c(NC(=O)COc2ccc3c(=O)c(Oc4ccc5ccccc5c4)coc3c2)sc2c1CCCC2. The highest BCUT2D eigenvalue weighted by molar-refractivity contribution is 7.17. The second-order valence-corrected chi connectivity index (χ2v) is 10.8. The van der Waals surface area contributed by atoms with Crippen molar-refractivity contribution in [2.24, 2.45) is 0 Å². The monoisotopic (exact) mass is 569 g/mol. The van der Waals surface area contributed by atoms with Crippen LogP contribution >= 0.6 is 11.3 Å². The molecule has 0 fully saturated rings. The molecule has 0 aliphatic heterocycles. The van der Waals surface area contributed by atoms with E-state index in [0.29, 0.717) is 33.0 Å². The smallest absolute Gasteiger partial charge is 0.341 e. The molecule has 5 aromatic rings. The van der Waals surface area contributed by atoms with E-state index in [1.807, 2.05) is 36.4 Å². The average molecular weight is 570 g/mol. The Kier molecular flexibility index (Phi) is 7.43. The molecular weight excluding hydrogens is 542 g/mol. The zero-order valence-electron chi connectivity index (χ0n) is 22.4. The van der Waals surface area contributed by atoms with Gasteiger partial charge in [0.05, 0.1) is 17.6 Å². The van der Waals surface area contributed by atoms with Gasteiger partial charge < -0.3 is 23.9 Å². The van der Waals surface area contributed by atoms with E-state index in [-0.39, 0.29) is 24.4 Å². The number of fused-ring (bicyclic) bond motifs is 3. The second kappa shape index (κ2) is 11.5. The van der Waals surface area contributed by atoms with E-state index >= 15 is 0 Å². The number of thiophene rings is 1. The van der Waals surface area contributed by atoms with Gasteiger partial charge in [0.15, 0.2) is 6.61 Å². The van der Waals surface area contributed by atoms with Crippen LogP contribution in [0.25, 0.3) is 21.7 Å². The second-order valence-electron chi connectivity index (χ2n) is 9.67. The van der Waals surface area contributed by atoms with Crippen LogP contribution in [0.3, 0.4) is 0 Å². The molecule has 0 radical (unpaired) electrons. The summed E-state index contributed by atoms with van der Waals surface area (Å²) in [4.78, 5) is 39.6. The maximum atomic E-state index is 13.1. The molecule has 2 heterocycles. The van der Waals surface area contributed by atoms with Gasteiger partial charge >= 0.3 is 5.97 Å². The van der Waals surface area contributed by atoms with Crippen LogP contribution in [0.2, 0.25) is 0 Å². The number of aryl methyl sites for hydroxylation is 1. The number of carbonyl (C=O) groups is 2. The first-order chi connectivity index (χ1) is 20.0. The molecule has 1 N–H and O–H groups in total. The summed E-state index contributed by atoms with van der Waals surface area (Å²) in [6.07, 6.45) is 5.01. The summed E-state index contributed by atoms with van der Waals surface area (Å²) in [6.45, 7) is 1.73. The number of esters is 1. The lowest BCUT2D eigenvalue weighted by molar-refractivity contribution is -0.118. The molecule has 0 spiro atoms. The lowest BCUT2D eigenvalue weighted by Crippen LogP contribution is -2.21. The number of amides is 1. The van der Waals surface area contributed by atoms with Crippen molar-refractivity contribution < 1.29 is 28.2 Å². The Morgan fingerprint density at radius 2 is 1.78 bits per heavy atom. The van der Waals surface area contributed by atoms with Crippen molar-refractivity contribution in [3.63, 3.8) is 0 Å². The first-order valence-corrected chi connectivity index (χ1v) is 14.3. The third kappa shape index (κ3) is 5.53. The number of anilines is 1. The van der Waals surface area contributed by atoms with Crippen LogP contribution in [-0.4, -0.2) is 25.1 Å². The largest absolute Gasteiger partial charge is 0.484 e. The summed E-state index contributed by atoms with van der Waals surface area (Å²) in [5.41, 5.74) is 1.41. The van der Waals surface area contributed by atoms with E-state index in [1.54, 1.807) is 31.2 Å². The number of nitrogens with one attached hydrogen (secondary N) is 1. The Hall–Kier alpha value is -4.63. The highest BCUT2D eigenvalue weighted by Crippen LogP contribution is 2.38. The van der Waals surface area contributed by atoms with Crippen LogP contribution in [-0.2, 0) is 22.4 Å². The van der Waals surface area contributed by atoms with E-state index in [1.165, 1.54) is 17.6 Å². The minimum atomic E-state index is -0.420. The molecule has 0 unspecified atom stereocenters. The lowest BCUT2D eigenvalue weighted by Gasteiger charge is -2.12.